The van der Waals surface area contributed by atoms with Crippen LogP contribution in [0.2, 0.25) is 0 Å². The largest absolute Gasteiger partial charge is 0.357 e. The number of benzene rings is 2. The Morgan fingerprint density at radius 3 is 2.31 bits per heavy atom. The molecule has 4 nitrogen and oxygen atoms in total. The second-order valence-corrected chi connectivity index (χ2v) is 7.09. The van der Waals surface area contributed by atoms with Crippen molar-refractivity contribution in [2.75, 3.05) is 12.8 Å². The lowest BCUT2D eigenvalue weighted by Gasteiger charge is -2.28. The Hall–Kier alpha value is -2.34. The number of hydrogen-bond acceptors (Lipinski definition) is 3. The molecule has 0 saturated carbocycles. The van der Waals surface area contributed by atoms with Crippen LogP contribution in [-0.2, 0) is 16.1 Å². The molecule has 0 aliphatic heterocycles. The van der Waals surface area contributed by atoms with Gasteiger partial charge in [-0.25, -0.2) is 4.39 Å². The lowest BCUT2D eigenvalue weighted by Crippen LogP contribution is -2.47. The summed E-state index contributed by atoms with van der Waals surface area (Å²) in [5.41, 5.74) is 1.93. The van der Waals surface area contributed by atoms with E-state index in [4.69, 9.17) is 0 Å². The van der Waals surface area contributed by atoms with Crippen LogP contribution in [0.4, 0.5) is 4.39 Å². The van der Waals surface area contributed by atoms with Crippen molar-refractivity contribution in [3.63, 3.8) is 0 Å². The highest BCUT2D eigenvalue weighted by Gasteiger charge is 2.25. The number of thioether (sulfide) groups is 1. The molecule has 2 aromatic carbocycles. The van der Waals surface area contributed by atoms with E-state index < -0.39 is 6.04 Å². The van der Waals surface area contributed by atoms with E-state index in [0.717, 1.165) is 16.0 Å². The fourth-order valence-corrected chi connectivity index (χ4v) is 3.23. The number of halogens is 1. The van der Waals surface area contributed by atoms with Crippen molar-refractivity contribution in [2.24, 2.45) is 0 Å². The van der Waals surface area contributed by atoms with Gasteiger partial charge in [0.1, 0.15) is 11.9 Å². The zero-order valence-corrected chi connectivity index (χ0v) is 16.0. The third kappa shape index (κ3) is 5.59. The van der Waals surface area contributed by atoms with Crippen molar-refractivity contribution in [3.8, 4) is 0 Å². The van der Waals surface area contributed by atoms with Gasteiger partial charge in [-0.2, -0.15) is 0 Å². The summed E-state index contributed by atoms with van der Waals surface area (Å²) in [7, 11) is 1.54. The second kappa shape index (κ2) is 9.38. The molecule has 1 atom stereocenters. The molecule has 0 radical (unpaired) electrons. The molecule has 6 heteroatoms. The van der Waals surface area contributed by atoms with E-state index in [1.54, 1.807) is 26.1 Å². The maximum absolute atomic E-state index is 13.1. The molecule has 0 spiro atoms. The van der Waals surface area contributed by atoms with Crippen molar-refractivity contribution in [2.45, 2.75) is 31.3 Å². The van der Waals surface area contributed by atoms with Crippen molar-refractivity contribution in [1.82, 2.24) is 10.2 Å². The first-order valence-corrected chi connectivity index (χ1v) is 9.34. The molecule has 0 aliphatic rings. The highest BCUT2D eigenvalue weighted by Crippen LogP contribution is 2.20. The minimum Gasteiger partial charge on any atom is -0.357 e. The van der Waals surface area contributed by atoms with Crippen molar-refractivity contribution < 1.29 is 14.0 Å². The summed E-state index contributed by atoms with van der Waals surface area (Å²) >= 11 is 1.43. The summed E-state index contributed by atoms with van der Waals surface area (Å²) < 4.78 is 13.1. The number of nitrogens with one attached hydrogen (secondary N) is 1. The minimum atomic E-state index is -0.615. The molecule has 2 amide bonds. The van der Waals surface area contributed by atoms with Crippen LogP contribution in [0.1, 0.15) is 18.1 Å². The predicted octanol–water partition coefficient (Wildman–Crippen LogP) is 3.39. The number of hydrogen-bond donors (Lipinski definition) is 1. The lowest BCUT2D eigenvalue weighted by atomic mass is 10.1. The molecule has 0 bridgehead atoms. The molecule has 0 fully saturated rings. The molecule has 0 aromatic heterocycles. The molecule has 26 heavy (non-hydrogen) atoms. The number of likely N-dealkylation sites (N-methyl/N-ethyl adjacent to an activating group) is 1. The van der Waals surface area contributed by atoms with Gasteiger partial charge in [0.05, 0.1) is 5.75 Å². The minimum absolute atomic E-state index is 0.143. The monoisotopic (exact) mass is 374 g/mol. The van der Waals surface area contributed by atoms with Gasteiger partial charge < -0.3 is 10.2 Å². The maximum atomic E-state index is 13.1. The first-order valence-electron chi connectivity index (χ1n) is 8.35. The Morgan fingerprint density at radius 2 is 1.73 bits per heavy atom. The molecule has 0 unspecified atom stereocenters. The standard InChI is InChI=1S/C20H23FN2O2S/c1-14-4-10-18(11-5-14)26-13-19(24)23(15(2)20(25)22-3)12-16-6-8-17(21)9-7-16/h4-11,15H,12-13H2,1-3H3,(H,22,25)/t15-/m0/s1. The molecule has 138 valence electrons. The predicted molar refractivity (Wildman–Crippen MR) is 102 cm³/mol. The Bertz CT molecular complexity index is 747. The average Bonchev–Trinajstić information content (AvgIpc) is 2.65. The first kappa shape index (κ1) is 20.0. The molecule has 2 rings (SSSR count). The summed E-state index contributed by atoms with van der Waals surface area (Å²) in [4.78, 5) is 27.3. The van der Waals surface area contributed by atoms with E-state index in [1.165, 1.54) is 28.8 Å². The summed E-state index contributed by atoms with van der Waals surface area (Å²) in [6.45, 7) is 3.95. The van der Waals surface area contributed by atoms with Crippen molar-refractivity contribution >= 4 is 23.6 Å². The van der Waals surface area contributed by atoms with Gasteiger partial charge in [-0.1, -0.05) is 29.8 Å². The molecule has 0 aliphatic carbocycles. The van der Waals surface area contributed by atoms with E-state index in [0.29, 0.717) is 0 Å². The summed E-state index contributed by atoms with van der Waals surface area (Å²) in [6, 6.07) is 13.3. The smallest absolute Gasteiger partial charge is 0.242 e. The Kier molecular flexibility index (Phi) is 7.21. The SMILES string of the molecule is CNC(=O)[C@H](C)N(Cc1ccc(F)cc1)C(=O)CSc1ccc(C)cc1. The third-order valence-corrected chi connectivity index (χ3v) is 5.06. The average molecular weight is 374 g/mol. The fraction of sp³-hybridized carbons (Fsp3) is 0.300. The number of aryl methyl sites for hydroxylation is 1. The first-order chi connectivity index (χ1) is 12.4. The molecule has 0 saturated heterocycles. The normalized spacial score (nSPS) is 11.7. The van der Waals surface area contributed by atoms with Crippen LogP contribution in [0.25, 0.3) is 0 Å². The van der Waals surface area contributed by atoms with E-state index in [-0.39, 0.29) is 29.9 Å². The number of nitrogens with zero attached hydrogens (tertiary/aromatic N) is 1. The fourth-order valence-electron chi connectivity index (χ4n) is 2.44. The third-order valence-electron chi connectivity index (χ3n) is 4.06. The maximum Gasteiger partial charge on any atom is 0.242 e. The van der Waals surface area contributed by atoms with Gasteiger partial charge in [-0.15, -0.1) is 11.8 Å². The number of rotatable bonds is 7. The summed E-state index contributed by atoms with van der Waals surface area (Å²) in [5, 5.41) is 2.58. The zero-order chi connectivity index (χ0) is 19.1. The van der Waals surface area contributed by atoms with Gasteiger partial charge in [0, 0.05) is 18.5 Å². The van der Waals surface area contributed by atoms with Crippen LogP contribution in [0, 0.1) is 12.7 Å². The number of amides is 2. The Labute approximate surface area is 157 Å². The van der Waals surface area contributed by atoms with Gasteiger partial charge in [-0.05, 0) is 43.7 Å². The highest BCUT2D eigenvalue weighted by atomic mass is 32.2. The van der Waals surface area contributed by atoms with Gasteiger partial charge in [-0.3, -0.25) is 9.59 Å². The highest BCUT2D eigenvalue weighted by molar-refractivity contribution is 8.00. The van der Waals surface area contributed by atoms with Crippen LogP contribution >= 0.6 is 11.8 Å². The van der Waals surface area contributed by atoms with E-state index in [9.17, 15) is 14.0 Å². The van der Waals surface area contributed by atoms with Crippen LogP contribution in [0.3, 0.4) is 0 Å². The summed E-state index contributed by atoms with van der Waals surface area (Å²) in [6.07, 6.45) is 0. The van der Waals surface area contributed by atoms with Gasteiger partial charge >= 0.3 is 0 Å². The Balaban J connectivity index is 2.10. The quantitative estimate of drug-likeness (QED) is 0.756. The second-order valence-electron chi connectivity index (χ2n) is 6.04. The molecular formula is C20H23FN2O2S. The van der Waals surface area contributed by atoms with E-state index in [1.807, 2.05) is 31.2 Å². The van der Waals surface area contributed by atoms with Crippen LogP contribution < -0.4 is 5.32 Å². The van der Waals surface area contributed by atoms with Crippen molar-refractivity contribution in [1.29, 1.82) is 0 Å². The zero-order valence-electron chi connectivity index (χ0n) is 15.2. The number of carbonyl (C=O) groups excluding carboxylic acids is 2. The lowest BCUT2D eigenvalue weighted by molar-refractivity contribution is -0.138. The van der Waals surface area contributed by atoms with E-state index in [2.05, 4.69) is 5.32 Å². The number of carbonyl (C=O) groups is 2. The van der Waals surface area contributed by atoms with Crippen LogP contribution in [0.5, 0.6) is 0 Å². The molecule has 2 aromatic rings. The molecular weight excluding hydrogens is 351 g/mol. The van der Waals surface area contributed by atoms with Gasteiger partial charge in [0.15, 0.2) is 0 Å². The molecule has 0 heterocycles. The van der Waals surface area contributed by atoms with Crippen molar-refractivity contribution in [3.05, 3.63) is 65.5 Å². The van der Waals surface area contributed by atoms with Crippen LogP contribution in [0.15, 0.2) is 53.4 Å². The van der Waals surface area contributed by atoms with Gasteiger partial charge in [0.25, 0.3) is 0 Å². The van der Waals surface area contributed by atoms with Crippen LogP contribution in [-0.4, -0.2) is 35.6 Å². The summed E-state index contributed by atoms with van der Waals surface area (Å²) in [5.74, 6) is -0.483. The van der Waals surface area contributed by atoms with Gasteiger partial charge in [0.2, 0.25) is 11.8 Å². The Morgan fingerprint density at radius 1 is 1.12 bits per heavy atom. The van der Waals surface area contributed by atoms with E-state index >= 15 is 0 Å². The molecule has 1 N–H and O–H groups in total. The topological polar surface area (TPSA) is 49.4 Å².